The molecule has 1 N–H and O–H groups in total. The molecule has 0 aliphatic heterocycles. The predicted molar refractivity (Wildman–Crippen MR) is 71.4 cm³/mol. The van der Waals surface area contributed by atoms with E-state index in [0.717, 1.165) is 18.7 Å². The van der Waals surface area contributed by atoms with Crippen LogP contribution in [0.2, 0.25) is 0 Å². The Morgan fingerprint density at radius 2 is 2.06 bits per heavy atom. The number of rotatable bonds is 6. The average molecular weight is 233 g/mol. The van der Waals surface area contributed by atoms with E-state index < -0.39 is 0 Å². The van der Waals surface area contributed by atoms with Crippen molar-refractivity contribution in [3.8, 4) is 5.75 Å². The second-order valence-corrected chi connectivity index (χ2v) is 5.39. The van der Waals surface area contributed by atoms with Crippen LogP contribution in [0, 0.1) is 5.41 Å². The van der Waals surface area contributed by atoms with Crippen molar-refractivity contribution >= 4 is 0 Å². The smallest absolute Gasteiger partial charge is 0.123 e. The Hall–Kier alpha value is -1.02. The van der Waals surface area contributed by atoms with Crippen molar-refractivity contribution in [1.29, 1.82) is 0 Å². The van der Waals surface area contributed by atoms with E-state index >= 15 is 0 Å². The standard InChI is InChI=1S/C15H23NO/c1-4-13(16-11-15(2)9-10-15)12-7-5-6-8-14(12)17-3/h5-8,13,16H,4,9-11H2,1-3H3. The highest BCUT2D eigenvalue weighted by Crippen LogP contribution is 2.44. The summed E-state index contributed by atoms with van der Waals surface area (Å²) in [5.41, 5.74) is 1.83. The molecule has 1 atom stereocenters. The van der Waals surface area contributed by atoms with Crippen LogP contribution in [0.3, 0.4) is 0 Å². The number of hydrogen-bond donors (Lipinski definition) is 1. The Kier molecular flexibility index (Phi) is 3.72. The van der Waals surface area contributed by atoms with Gasteiger partial charge >= 0.3 is 0 Å². The van der Waals surface area contributed by atoms with Crippen molar-refractivity contribution < 1.29 is 4.74 Å². The highest BCUT2D eigenvalue weighted by atomic mass is 16.5. The van der Waals surface area contributed by atoms with Gasteiger partial charge in [0.25, 0.3) is 0 Å². The number of hydrogen-bond acceptors (Lipinski definition) is 2. The molecule has 0 heterocycles. The summed E-state index contributed by atoms with van der Waals surface area (Å²) in [6.45, 7) is 5.69. The maximum absolute atomic E-state index is 5.44. The zero-order valence-corrected chi connectivity index (χ0v) is 11.1. The first kappa shape index (κ1) is 12.4. The summed E-state index contributed by atoms with van der Waals surface area (Å²) < 4.78 is 5.44. The quantitative estimate of drug-likeness (QED) is 0.811. The van der Waals surface area contributed by atoms with E-state index in [4.69, 9.17) is 4.74 Å². The normalized spacial score (nSPS) is 18.8. The maximum Gasteiger partial charge on any atom is 0.123 e. The second-order valence-electron chi connectivity index (χ2n) is 5.39. The molecule has 0 spiro atoms. The van der Waals surface area contributed by atoms with Crippen molar-refractivity contribution in [2.24, 2.45) is 5.41 Å². The zero-order chi connectivity index (χ0) is 12.3. The third kappa shape index (κ3) is 3.01. The van der Waals surface area contributed by atoms with Crippen LogP contribution in [0.1, 0.15) is 44.7 Å². The fourth-order valence-electron chi connectivity index (χ4n) is 2.19. The Balaban J connectivity index is 2.05. The second kappa shape index (κ2) is 5.09. The first-order chi connectivity index (χ1) is 8.18. The van der Waals surface area contributed by atoms with Gasteiger partial charge in [0.2, 0.25) is 0 Å². The molecule has 0 saturated heterocycles. The van der Waals surface area contributed by atoms with Crippen LogP contribution in [-0.2, 0) is 0 Å². The van der Waals surface area contributed by atoms with Gasteiger partial charge in [0.15, 0.2) is 0 Å². The van der Waals surface area contributed by atoms with Gasteiger partial charge in [-0.2, -0.15) is 0 Å². The molecule has 17 heavy (non-hydrogen) atoms. The van der Waals surface area contributed by atoms with Crippen LogP contribution >= 0.6 is 0 Å². The molecule has 1 fully saturated rings. The van der Waals surface area contributed by atoms with E-state index in [1.54, 1.807) is 7.11 Å². The molecule has 2 heteroatoms. The van der Waals surface area contributed by atoms with Crippen molar-refractivity contribution in [2.75, 3.05) is 13.7 Å². The summed E-state index contributed by atoms with van der Waals surface area (Å²) >= 11 is 0. The fraction of sp³-hybridized carbons (Fsp3) is 0.600. The van der Waals surface area contributed by atoms with E-state index in [-0.39, 0.29) is 0 Å². The van der Waals surface area contributed by atoms with E-state index in [2.05, 4.69) is 31.3 Å². The summed E-state index contributed by atoms with van der Waals surface area (Å²) in [5.74, 6) is 0.993. The van der Waals surface area contributed by atoms with Crippen LogP contribution in [0.15, 0.2) is 24.3 Å². The molecule has 1 unspecified atom stereocenters. The summed E-state index contributed by atoms with van der Waals surface area (Å²) in [4.78, 5) is 0. The molecule has 0 amide bonds. The predicted octanol–water partition coefficient (Wildman–Crippen LogP) is 3.54. The Labute approximate surface area is 104 Å². The lowest BCUT2D eigenvalue weighted by molar-refractivity contribution is 0.386. The van der Waals surface area contributed by atoms with Gasteiger partial charge < -0.3 is 10.1 Å². The minimum Gasteiger partial charge on any atom is -0.496 e. The lowest BCUT2D eigenvalue weighted by Gasteiger charge is -2.22. The molecular weight excluding hydrogens is 210 g/mol. The van der Waals surface area contributed by atoms with E-state index in [1.165, 1.54) is 18.4 Å². The molecule has 0 radical (unpaired) electrons. The monoisotopic (exact) mass is 233 g/mol. The summed E-state index contributed by atoms with van der Waals surface area (Å²) in [6.07, 6.45) is 3.82. The summed E-state index contributed by atoms with van der Waals surface area (Å²) in [7, 11) is 1.74. The molecule has 2 rings (SSSR count). The minimum atomic E-state index is 0.406. The van der Waals surface area contributed by atoms with Crippen molar-refractivity contribution in [2.45, 2.75) is 39.2 Å². The molecule has 1 aliphatic carbocycles. The summed E-state index contributed by atoms with van der Waals surface area (Å²) in [6, 6.07) is 8.72. The van der Waals surface area contributed by atoms with Gasteiger partial charge in [0, 0.05) is 18.2 Å². The SMILES string of the molecule is CCC(NCC1(C)CC1)c1ccccc1OC. The van der Waals surface area contributed by atoms with Crippen LogP contribution in [0.25, 0.3) is 0 Å². The molecule has 1 aliphatic rings. The molecule has 1 aromatic rings. The first-order valence-electron chi connectivity index (χ1n) is 6.55. The lowest BCUT2D eigenvalue weighted by atomic mass is 10.0. The highest BCUT2D eigenvalue weighted by Gasteiger charge is 2.37. The maximum atomic E-state index is 5.44. The van der Waals surface area contributed by atoms with Crippen LogP contribution < -0.4 is 10.1 Å². The fourth-order valence-corrected chi connectivity index (χ4v) is 2.19. The third-order valence-electron chi connectivity index (χ3n) is 3.80. The van der Waals surface area contributed by atoms with Gasteiger partial charge in [0.05, 0.1) is 7.11 Å². The highest BCUT2D eigenvalue weighted by molar-refractivity contribution is 5.35. The molecule has 94 valence electrons. The van der Waals surface area contributed by atoms with Gasteiger partial charge in [-0.25, -0.2) is 0 Å². The number of ether oxygens (including phenoxy) is 1. The topological polar surface area (TPSA) is 21.3 Å². The Morgan fingerprint density at radius 3 is 2.65 bits per heavy atom. The number of nitrogens with one attached hydrogen (secondary N) is 1. The van der Waals surface area contributed by atoms with Crippen LogP contribution in [-0.4, -0.2) is 13.7 Å². The largest absolute Gasteiger partial charge is 0.496 e. The molecule has 0 bridgehead atoms. The van der Waals surface area contributed by atoms with Gasteiger partial charge in [-0.1, -0.05) is 32.0 Å². The van der Waals surface area contributed by atoms with E-state index in [1.807, 2.05) is 12.1 Å². The molecule has 0 aromatic heterocycles. The van der Waals surface area contributed by atoms with Crippen molar-refractivity contribution in [3.05, 3.63) is 29.8 Å². The molecule has 1 aromatic carbocycles. The zero-order valence-electron chi connectivity index (χ0n) is 11.1. The molecular formula is C15H23NO. The Bertz CT molecular complexity index is 371. The van der Waals surface area contributed by atoms with E-state index in [0.29, 0.717) is 11.5 Å². The summed E-state index contributed by atoms with van der Waals surface area (Å²) in [5, 5.41) is 3.68. The van der Waals surface area contributed by atoms with Gasteiger partial charge in [-0.05, 0) is 30.7 Å². The average Bonchev–Trinajstić information content (AvgIpc) is 3.09. The van der Waals surface area contributed by atoms with Crippen molar-refractivity contribution in [1.82, 2.24) is 5.32 Å². The minimum absolute atomic E-state index is 0.406. The first-order valence-corrected chi connectivity index (χ1v) is 6.55. The van der Waals surface area contributed by atoms with E-state index in [9.17, 15) is 0 Å². The van der Waals surface area contributed by atoms with Gasteiger partial charge in [-0.3, -0.25) is 0 Å². The third-order valence-corrected chi connectivity index (χ3v) is 3.80. The molecule has 2 nitrogen and oxygen atoms in total. The van der Waals surface area contributed by atoms with Gasteiger partial charge in [0.1, 0.15) is 5.75 Å². The van der Waals surface area contributed by atoms with Crippen LogP contribution in [0.4, 0.5) is 0 Å². The number of para-hydroxylation sites is 1. The molecule has 1 saturated carbocycles. The lowest BCUT2D eigenvalue weighted by Crippen LogP contribution is -2.27. The van der Waals surface area contributed by atoms with Crippen molar-refractivity contribution in [3.63, 3.8) is 0 Å². The Morgan fingerprint density at radius 1 is 1.35 bits per heavy atom. The van der Waals surface area contributed by atoms with Crippen LogP contribution in [0.5, 0.6) is 5.75 Å². The van der Waals surface area contributed by atoms with Gasteiger partial charge in [-0.15, -0.1) is 0 Å². The number of methoxy groups -OCH3 is 1. The number of benzene rings is 1.